The SMILES string of the molecule is CCOCCOCCOCC(=O)OO. The number of carbonyl (C=O) groups excluding carboxylic acids is 1. The van der Waals surface area contributed by atoms with Crippen LogP contribution in [0.1, 0.15) is 6.92 Å². The molecule has 0 aromatic carbocycles. The summed E-state index contributed by atoms with van der Waals surface area (Å²) in [6, 6.07) is 0. The van der Waals surface area contributed by atoms with Crippen LogP contribution < -0.4 is 0 Å². The van der Waals surface area contributed by atoms with Gasteiger partial charge >= 0.3 is 5.97 Å². The van der Waals surface area contributed by atoms with Crippen LogP contribution in [-0.2, 0) is 23.9 Å². The second-order valence-electron chi connectivity index (χ2n) is 2.33. The first-order valence-electron chi connectivity index (χ1n) is 4.38. The number of rotatable bonds is 9. The minimum absolute atomic E-state index is 0.272. The lowest BCUT2D eigenvalue weighted by Gasteiger charge is -2.04. The van der Waals surface area contributed by atoms with Gasteiger partial charge in [-0.05, 0) is 6.92 Å². The van der Waals surface area contributed by atoms with Crippen LogP contribution in [0, 0.1) is 0 Å². The Morgan fingerprint density at radius 2 is 1.64 bits per heavy atom. The third-order valence-corrected chi connectivity index (χ3v) is 1.27. The molecule has 0 atom stereocenters. The van der Waals surface area contributed by atoms with E-state index in [1.54, 1.807) is 0 Å². The van der Waals surface area contributed by atoms with E-state index < -0.39 is 5.97 Å². The normalized spacial score (nSPS) is 10.1. The molecule has 0 aliphatic heterocycles. The maximum Gasteiger partial charge on any atom is 0.367 e. The highest BCUT2D eigenvalue weighted by molar-refractivity contribution is 5.69. The zero-order valence-corrected chi connectivity index (χ0v) is 8.23. The van der Waals surface area contributed by atoms with E-state index in [0.717, 1.165) is 0 Å². The van der Waals surface area contributed by atoms with Crippen molar-refractivity contribution in [1.82, 2.24) is 0 Å². The highest BCUT2D eigenvalue weighted by Crippen LogP contribution is 1.82. The van der Waals surface area contributed by atoms with Crippen LogP contribution in [0.15, 0.2) is 0 Å². The van der Waals surface area contributed by atoms with Crippen molar-refractivity contribution >= 4 is 5.97 Å². The molecule has 0 unspecified atom stereocenters. The van der Waals surface area contributed by atoms with Gasteiger partial charge in [-0.3, -0.25) is 4.89 Å². The summed E-state index contributed by atoms with van der Waals surface area (Å²) in [7, 11) is 0. The summed E-state index contributed by atoms with van der Waals surface area (Å²) in [5.41, 5.74) is 0. The Hall–Kier alpha value is -0.690. The van der Waals surface area contributed by atoms with Crippen molar-refractivity contribution in [2.24, 2.45) is 0 Å². The molecule has 0 aliphatic carbocycles. The summed E-state index contributed by atoms with van der Waals surface area (Å²) in [6.07, 6.45) is 0. The Kier molecular flexibility index (Phi) is 9.88. The second-order valence-corrected chi connectivity index (χ2v) is 2.33. The van der Waals surface area contributed by atoms with Gasteiger partial charge in [0.2, 0.25) is 0 Å². The Morgan fingerprint density at radius 1 is 1.07 bits per heavy atom. The van der Waals surface area contributed by atoms with Crippen LogP contribution in [0.4, 0.5) is 0 Å². The van der Waals surface area contributed by atoms with E-state index in [9.17, 15) is 4.79 Å². The summed E-state index contributed by atoms with van der Waals surface area (Å²) in [6.45, 7) is 4.01. The van der Waals surface area contributed by atoms with Crippen molar-refractivity contribution in [3.8, 4) is 0 Å². The van der Waals surface area contributed by atoms with E-state index in [4.69, 9.17) is 19.5 Å². The predicted molar refractivity (Wildman–Crippen MR) is 46.9 cm³/mol. The van der Waals surface area contributed by atoms with Crippen molar-refractivity contribution < 1.29 is 29.1 Å². The highest BCUT2D eigenvalue weighted by atomic mass is 17.1. The van der Waals surface area contributed by atoms with Gasteiger partial charge in [0.25, 0.3) is 0 Å². The van der Waals surface area contributed by atoms with Crippen LogP contribution in [0.25, 0.3) is 0 Å². The minimum atomic E-state index is -0.820. The Bertz CT molecular complexity index is 138. The maximum atomic E-state index is 10.3. The number of hydrogen-bond acceptors (Lipinski definition) is 6. The maximum absolute atomic E-state index is 10.3. The molecule has 0 saturated carbocycles. The van der Waals surface area contributed by atoms with Gasteiger partial charge in [-0.1, -0.05) is 0 Å². The Labute approximate surface area is 82.6 Å². The molecule has 0 bridgehead atoms. The molecule has 84 valence electrons. The lowest BCUT2D eigenvalue weighted by Crippen LogP contribution is -2.14. The van der Waals surface area contributed by atoms with E-state index in [1.165, 1.54) is 0 Å². The number of carbonyl (C=O) groups is 1. The monoisotopic (exact) mass is 208 g/mol. The van der Waals surface area contributed by atoms with E-state index in [1.807, 2.05) is 6.92 Å². The molecular weight excluding hydrogens is 192 g/mol. The highest BCUT2D eigenvalue weighted by Gasteiger charge is 2.00. The smallest absolute Gasteiger partial charge is 0.367 e. The first-order chi connectivity index (χ1) is 6.81. The van der Waals surface area contributed by atoms with Gasteiger partial charge in [-0.25, -0.2) is 4.79 Å². The average molecular weight is 208 g/mol. The molecular formula is C8H16O6. The number of hydrogen-bond donors (Lipinski definition) is 1. The van der Waals surface area contributed by atoms with Gasteiger partial charge in [0.05, 0.1) is 26.4 Å². The molecule has 6 heteroatoms. The summed E-state index contributed by atoms with van der Waals surface area (Å²) < 4.78 is 14.9. The lowest BCUT2D eigenvalue weighted by molar-refractivity contribution is -0.238. The molecule has 0 aromatic rings. The summed E-state index contributed by atoms with van der Waals surface area (Å²) >= 11 is 0. The van der Waals surface area contributed by atoms with Crippen LogP contribution in [0.2, 0.25) is 0 Å². The third kappa shape index (κ3) is 9.40. The van der Waals surface area contributed by atoms with Crippen LogP contribution in [0.3, 0.4) is 0 Å². The number of ether oxygens (including phenoxy) is 3. The third-order valence-electron chi connectivity index (χ3n) is 1.27. The topological polar surface area (TPSA) is 74.2 Å². The Morgan fingerprint density at radius 3 is 2.21 bits per heavy atom. The molecule has 6 nitrogen and oxygen atoms in total. The molecule has 0 aromatic heterocycles. The Balaban J connectivity index is 2.95. The first-order valence-corrected chi connectivity index (χ1v) is 4.38. The molecule has 0 radical (unpaired) electrons. The second kappa shape index (κ2) is 10.4. The van der Waals surface area contributed by atoms with E-state index >= 15 is 0 Å². The van der Waals surface area contributed by atoms with Gasteiger partial charge in [0.15, 0.2) is 0 Å². The summed E-state index contributed by atoms with van der Waals surface area (Å²) in [5, 5.41) is 7.86. The molecule has 0 amide bonds. The van der Waals surface area contributed by atoms with Crippen LogP contribution >= 0.6 is 0 Å². The molecule has 0 fully saturated rings. The molecule has 0 spiro atoms. The van der Waals surface area contributed by atoms with Crippen LogP contribution in [0.5, 0.6) is 0 Å². The van der Waals surface area contributed by atoms with Gasteiger partial charge in [0, 0.05) is 6.61 Å². The quantitative estimate of drug-likeness (QED) is 0.328. The zero-order chi connectivity index (χ0) is 10.6. The van der Waals surface area contributed by atoms with Crippen molar-refractivity contribution in [1.29, 1.82) is 0 Å². The largest absolute Gasteiger partial charge is 0.379 e. The van der Waals surface area contributed by atoms with E-state index in [2.05, 4.69) is 4.89 Å². The zero-order valence-electron chi connectivity index (χ0n) is 8.23. The molecule has 0 aliphatic rings. The van der Waals surface area contributed by atoms with Crippen LogP contribution in [-0.4, -0.2) is 50.9 Å². The van der Waals surface area contributed by atoms with E-state index in [0.29, 0.717) is 26.4 Å². The molecule has 0 saturated heterocycles. The standard InChI is InChI=1S/C8H16O6/c1-2-11-3-4-12-5-6-13-7-8(9)14-10/h10H,2-7H2,1H3. The molecule has 0 heterocycles. The molecule has 14 heavy (non-hydrogen) atoms. The summed E-state index contributed by atoms with van der Waals surface area (Å²) in [5.74, 6) is -0.820. The van der Waals surface area contributed by atoms with Gasteiger partial charge in [-0.2, -0.15) is 5.26 Å². The molecule has 0 rings (SSSR count). The predicted octanol–water partition coefficient (Wildman–Crippen LogP) is 0.0723. The minimum Gasteiger partial charge on any atom is -0.379 e. The van der Waals surface area contributed by atoms with Crippen molar-refractivity contribution in [2.75, 3.05) is 39.6 Å². The van der Waals surface area contributed by atoms with E-state index in [-0.39, 0.29) is 13.2 Å². The molecule has 1 N–H and O–H groups in total. The fraction of sp³-hybridized carbons (Fsp3) is 0.875. The lowest BCUT2D eigenvalue weighted by atomic mass is 10.7. The van der Waals surface area contributed by atoms with Crippen molar-refractivity contribution in [3.05, 3.63) is 0 Å². The summed E-state index contributed by atoms with van der Waals surface area (Å²) in [4.78, 5) is 13.7. The van der Waals surface area contributed by atoms with Gasteiger partial charge in [0.1, 0.15) is 6.61 Å². The van der Waals surface area contributed by atoms with Crippen molar-refractivity contribution in [2.45, 2.75) is 6.92 Å². The van der Waals surface area contributed by atoms with Gasteiger partial charge in [-0.15, -0.1) is 0 Å². The van der Waals surface area contributed by atoms with Crippen molar-refractivity contribution in [3.63, 3.8) is 0 Å². The first kappa shape index (κ1) is 13.3. The van der Waals surface area contributed by atoms with Gasteiger partial charge < -0.3 is 14.2 Å². The fourth-order valence-electron chi connectivity index (χ4n) is 0.664. The fourth-order valence-corrected chi connectivity index (χ4v) is 0.664. The average Bonchev–Trinajstić information content (AvgIpc) is 2.21.